The number of hydrogen-bond acceptors (Lipinski definition) is 5. The fourth-order valence-corrected chi connectivity index (χ4v) is 3.37. The number of anilines is 1. The number of hydrazine groups is 1. The molecule has 2 aromatic rings. The van der Waals surface area contributed by atoms with Crippen molar-refractivity contribution in [3.8, 4) is 5.75 Å². The van der Waals surface area contributed by atoms with Gasteiger partial charge in [0, 0.05) is 32.0 Å². The highest BCUT2D eigenvalue weighted by atomic mass is 16.5. The summed E-state index contributed by atoms with van der Waals surface area (Å²) in [6.45, 7) is 8.83. The van der Waals surface area contributed by atoms with E-state index in [0.29, 0.717) is 17.0 Å². The average molecular weight is 356 g/mol. The van der Waals surface area contributed by atoms with Crippen LogP contribution in [-0.2, 0) is 0 Å². The number of pyridine rings is 1. The molecule has 140 valence electrons. The zero-order valence-electron chi connectivity index (χ0n) is 15.9. The van der Waals surface area contributed by atoms with Gasteiger partial charge in [-0.15, -0.1) is 0 Å². The summed E-state index contributed by atoms with van der Waals surface area (Å²) < 4.78 is 6.10. The molecule has 0 saturated carbocycles. The molecule has 0 spiro atoms. The second-order valence-corrected chi connectivity index (χ2v) is 6.82. The molecule has 1 fully saturated rings. The van der Waals surface area contributed by atoms with Crippen molar-refractivity contribution in [1.29, 1.82) is 0 Å². The summed E-state index contributed by atoms with van der Waals surface area (Å²) in [7, 11) is 0. The average Bonchev–Trinajstić information content (AvgIpc) is 3.18. The molecule has 1 aliphatic rings. The Morgan fingerprint density at radius 2 is 2.08 bits per heavy atom. The topological polar surface area (TPSA) is 61.5 Å². The van der Waals surface area contributed by atoms with E-state index in [0.717, 1.165) is 25.5 Å². The van der Waals surface area contributed by atoms with E-state index in [1.807, 2.05) is 19.9 Å². The first kappa shape index (κ1) is 18.5. The smallest absolute Gasteiger partial charge is 0.213 e. The van der Waals surface area contributed by atoms with Crippen molar-refractivity contribution in [1.82, 2.24) is 15.0 Å². The number of aromatic amines is 1. The molecule has 6 heteroatoms. The third-order valence-corrected chi connectivity index (χ3v) is 4.54. The highest BCUT2D eigenvalue weighted by molar-refractivity contribution is 6.10. The number of hydrogen-bond donors (Lipinski definition) is 1. The first-order valence-corrected chi connectivity index (χ1v) is 9.48. The van der Waals surface area contributed by atoms with E-state index in [1.165, 1.54) is 19.3 Å². The van der Waals surface area contributed by atoms with Crippen LogP contribution in [0.5, 0.6) is 5.75 Å². The largest absolute Gasteiger partial charge is 0.486 e. The molecule has 1 aliphatic heterocycles. The standard InChI is InChI=1S/C20H28N4O2/c1-4-24(23-13-6-5-7-14-23)20-19(26-15(2)3)16(10-12-22-20)18(25)17-9-8-11-21-17/h8-12,15,21H,4-7,13-14H2,1-3H3. The lowest BCUT2D eigenvalue weighted by atomic mass is 10.1. The van der Waals surface area contributed by atoms with Crippen LogP contribution in [-0.4, -0.2) is 46.5 Å². The number of piperidine rings is 1. The number of carbonyl (C=O) groups excluding carboxylic acids is 1. The van der Waals surface area contributed by atoms with Crippen molar-refractivity contribution in [2.45, 2.75) is 46.1 Å². The van der Waals surface area contributed by atoms with E-state index in [-0.39, 0.29) is 11.9 Å². The Bertz CT molecular complexity index is 721. The van der Waals surface area contributed by atoms with Gasteiger partial charge in [0.15, 0.2) is 11.6 Å². The van der Waals surface area contributed by atoms with Gasteiger partial charge >= 0.3 is 0 Å². The quantitative estimate of drug-likeness (QED) is 0.767. The molecule has 0 amide bonds. The lowest BCUT2D eigenvalue weighted by Crippen LogP contribution is -2.46. The second kappa shape index (κ2) is 8.36. The molecule has 0 aromatic carbocycles. The molecule has 6 nitrogen and oxygen atoms in total. The number of H-pyrrole nitrogens is 1. The Morgan fingerprint density at radius 3 is 2.69 bits per heavy atom. The van der Waals surface area contributed by atoms with E-state index in [9.17, 15) is 4.79 Å². The molecule has 3 heterocycles. The number of nitrogens with zero attached hydrogens (tertiary/aromatic N) is 3. The second-order valence-electron chi connectivity index (χ2n) is 6.82. The fraction of sp³-hybridized carbons (Fsp3) is 0.500. The van der Waals surface area contributed by atoms with Gasteiger partial charge in [0.25, 0.3) is 0 Å². The zero-order valence-corrected chi connectivity index (χ0v) is 15.9. The highest BCUT2D eigenvalue weighted by Gasteiger charge is 2.26. The number of ketones is 1. The summed E-state index contributed by atoms with van der Waals surface area (Å²) in [5.74, 6) is 1.21. The molecule has 0 unspecified atom stereocenters. The molecule has 0 aliphatic carbocycles. The fourth-order valence-electron chi connectivity index (χ4n) is 3.37. The van der Waals surface area contributed by atoms with Crippen LogP contribution in [0.3, 0.4) is 0 Å². The number of ether oxygens (including phenoxy) is 1. The molecule has 3 rings (SSSR count). The molecule has 2 aromatic heterocycles. The number of carbonyl (C=O) groups is 1. The first-order chi connectivity index (χ1) is 12.6. The summed E-state index contributed by atoms with van der Waals surface area (Å²) in [6.07, 6.45) is 7.03. The predicted molar refractivity (Wildman–Crippen MR) is 103 cm³/mol. The maximum atomic E-state index is 13.0. The number of aromatic nitrogens is 2. The van der Waals surface area contributed by atoms with E-state index < -0.39 is 0 Å². The SMILES string of the molecule is CCN(c1nccc(C(=O)c2ccc[nH]2)c1OC(C)C)N1CCCCC1. The number of nitrogens with one attached hydrogen (secondary N) is 1. The first-order valence-electron chi connectivity index (χ1n) is 9.48. The van der Waals surface area contributed by atoms with E-state index in [2.05, 4.69) is 26.9 Å². The Kier molecular flexibility index (Phi) is 5.93. The van der Waals surface area contributed by atoms with Crippen LogP contribution < -0.4 is 9.75 Å². The van der Waals surface area contributed by atoms with Crippen LogP contribution in [0.2, 0.25) is 0 Å². The van der Waals surface area contributed by atoms with E-state index >= 15 is 0 Å². The van der Waals surface area contributed by atoms with Gasteiger partial charge in [0.05, 0.1) is 17.4 Å². The van der Waals surface area contributed by atoms with Gasteiger partial charge in [-0.3, -0.25) is 9.80 Å². The summed E-state index contributed by atoms with van der Waals surface area (Å²) in [5.41, 5.74) is 1.10. The molecular weight excluding hydrogens is 328 g/mol. The van der Waals surface area contributed by atoms with Gasteiger partial charge in [-0.05, 0) is 51.8 Å². The van der Waals surface area contributed by atoms with Crippen LogP contribution in [0.25, 0.3) is 0 Å². The summed E-state index contributed by atoms with van der Waals surface area (Å²) in [6, 6.07) is 5.35. The van der Waals surface area contributed by atoms with Gasteiger partial charge in [0.2, 0.25) is 5.78 Å². The van der Waals surface area contributed by atoms with Crippen LogP contribution in [0, 0.1) is 0 Å². The zero-order chi connectivity index (χ0) is 18.5. The lowest BCUT2D eigenvalue weighted by Gasteiger charge is -2.38. The van der Waals surface area contributed by atoms with Gasteiger partial charge in [-0.1, -0.05) is 6.42 Å². The Morgan fingerprint density at radius 1 is 1.31 bits per heavy atom. The van der Waals surface area contributed by atoms with Crippen molar-refractivity contribution in [2.24, 2.45) is 0 Å². The minimum Gasteiger partial charge on any atom is -0.486 e. The van der Waals surface area contributed by atoms with Gasteiger partial charge < -0.3 is 9.72 Å². The Hall–Kier alpha value is -2.34. The van der Waals surface area contributed by atoms with Crippen LogP contribution in [0.15, 0.2) is 30.6 Å². The van der Waals surface area contributed by atoms with Crippen molar-refractivity contribution >= 4 is 11.6 Å². The van der Waals surface area contributed by atoms with Gasteiger partial charge in [-0.2, -0.15) is 0 Å². The van der Waals surface area contributed by atoms with Crippen LogP contribution >= 0.6 is 0 Å². The maximum Gasteiger partial charge on any atom is 0.213 e. The van der Waals surface area contributed by atoms with Crippen molar-refractivity contribution < 1.29 is 9.53 Å². The Balaban J connectivity index is 2.03. The third kappa shape index (κ3) is 3.90. The van der Waals surface area contributed by atoms with Gasteiger partial charge in [-0.25, -0.2) is 9.99 Å². The molecule has 0 bridgehead atoms. The lowest BCUT2D eigenvalue weighted by molar-refractivity contribution is 0.102. The molecule has 1 N–H and O–H groups in total. The van der Waals surface area contributed by atoms with Crippen LogP contribution in [0.1, 0.15) is 56.1 Å². The molecule has 0 atom stereocenters. The normalized spacial score (nSPS) is 15.2. The van der Waals surface area contributed by atoms with E-state index in [1.54, 1.807) is 24.5 Å². The molecular formula is C20H28N4O2. The van der Waals surface area contributed by atoms with Crippen molar-refractivity contribution in [3.63, 3.8) is 0 Å². The minimum absolute atomic E-state index is 0.0480. The molecule has 1 saturated heterocycles. The van der Waals surface area contributed by atoms with Crippen molar-refractivity contribution in [3.05, 3.63) is 41.9 Å². The summed E-state index contributed by atoms with van der Waals surface area (Å²) in [5, 5.41) is 4.48. The number of rotatable bonds is 7. The summed E-state index contributed by atoms with van der Waals surface area (Å²) >= 11 is 0. The van der Waals surface area contributed by atoms with Crippen LogP contribution in [0.4, 0.5) is 5.82 Å². The maximum absolute atomic E-state index is 13.0. The summed E-state index contributed by atoms with van der Waals surface area (Å²) in [4.78, 5) is 20.6. The third-order valence-electron chi connectivity index (χ3n) is 4.54. The molecule has 26 heavy (non-hydrogen) atoms. The molecule has 0 radical (unpaired) electrons. The van der Waals surface area contributed by atoms with E-state index in [4.69, 9.17) is 4.74 Å². The van der Waals surface area contributed by atoms with Gasteiger partial charge in [0.1, 0.15) is 0 Å². The minimum atomic E-state index is -0.0796. The van der Waals surface area contributed by atoms with Crippen molar-refractivity contribution in [2.75, 3.05) is 24.6 Å². The Labute approximate surface area is 155 Å². The highest BCUT2D eigenvalue weighted by Crippen LogP contribution is 2.33. The predicted octanol–water partition coefficient (Wildman–Crippen LogP) is 3.66. The monoisotopic (exact) mass is 356 g/mol.